The van der Waals surface area contributed by atoms with Crippen molar-refractivity contribution in [2.45, 2.75) is 57.0 Å². The molecule has 1 atom stereocenters. The number of hydrogen-bond acceptors (Lipinski definition) is 5. The first kappa shape index (κ1) is 21.0. The van der Waals surface area contributed by atoms with Crippen molar-refractivity contribution < 1.29 is 4.79 Å². The molecular weight excluding hydrogens is 384 g/mol. The number of rotatable bonds is 6. The van der Waals surface area contributed by atoms with Crippen LogP contribution in [0.1, 0.15) is 39.7 Å². The van der Waals surface area contributed by atoms with Crippen molar-refractivity contribution in [2.24, 2.45) is 0 Å². The third-order valence-electron chi connectivity index (χ3n) is 4.87. The van der Waals surface area contributed by atoms with Crippen LogP contribution in [0.15, 0.2) is 52.5 Å². The van der Waals surface area contributed by atoms with Crippen molar-refractivity contribution in [3.8, 4) is 5.82 Å². The van der Waals surface area contributed by atoms with Gasteiger partial charge in [-0.15, -0.1) is 0 Å². The maximum atomic E-state index is 13.3. The fourth-order valence-electron chi connectivity index (χ4n) is 2.77. The molecule has 0 spiro atoms. The summed E-state index contributed by atoms with van der Waals surface area (Å²) >= 11 is 1.26. The van der Waals surface area contributed by atoms with Gasteiger partial charge in [0.05, 0.1) is 16.2 Å². The lowest BCUT2D eigenvalue weighted by atomic mass is 10.0. The highest BCUT2D eigenvalue weighted by Gasteiger charge is 2.25. The van der Waals surface area contributed by atoms with Gasteiger partial charge in [0.15, 0.2) is 5.16 Å². The quantitative estimate of drug-likeness (QED) is 0.493. The number of fused-ring (bicyclic) bond motifs is 1. The molecule has 1 N–H and O–H groups in total. The highest BCUT2D eigenvalue weighted by Crippen LogP contribution is 2.25. The number of thioether (sulfide) groups is 1. The minimum absolute atomic E-state index is 0.0898. The summed E-state index contributed by atoms with van der Waals surface area (Å²) in [5.41, 5.74) is 1.10. The van der Waals surface area contributed by atoms with Crippen LogP contribution in [0.3, 0.4) is 0 Å². The fraction of sp³-hybridized carbons (Fsp3) is 0.364. The number of hydrogen-bond donors (Lipinski definition) is 1. The van der Waals surface area contributed by atoms with E-state index in [1.54, 1.807) is 18.3 Å². The Kier molecular flexibility index (Phi) is 6.07. The highest BCUT2D eigenvalue weighted by atomic mass is 32.2. The van der Waals surface area contributed by atoms with Gasteiger partial charge in [0, 0.05) is 11.7 Å². The predicted molar refractivity (Wildman–Crippen MR) is 118 cm³/mol. The molecule has 3 aromatic rings. The molecule has 152 valence electrons. The van der Waals surface area contributed by atoms with Gasteiger partial charge in [-0.2, -0.15) is 0 Å². The number of benzene rings is 1. The van der Waals surface area contributed by atoms with E-state index in [1.807, 2.05) is 58.9 Å². The summed E-state index contributed by atoms with van der Waals surface area (Å²) in [5, 5.41) is 3.60. The first-order valence-corrected chi connectivity index (χ1v) is 10.5. The summed E-state index contributed by atoms with van der Waals surface area (Å²) in [6.45, 7) is 9.78. The summed E-state index contributed by atoms with van der Waals surface area (Å²) in [4.78, 5) is 35.0. The Labute approximate surface area is 174 Å². The molecule has 2 heterocycles. The van der Waals surface area contributed by atoms with Crippen molar-refractivity contribution in [2.75, 3.05) is 0 Å². The zero-order chi connectivity index (χ0) is 21.2. The van der Waals surface area contributed by atoms with E-state index >= 15 is 0 Å². The maximum absolute atomic E-state index is 13.3. The Morgan fingerprint density at radius 2 is 2.00 bits per heavy atom. The van der Waals surface area contributed by atoms with Gasteiger partial charge in [-0.3, -0.25) is 9.59 Å². The van der Waals surface area contributed by atoms with E-state index in [1.165, 1.54) is 16.3 Å². The van der Waals surface area contributed by atoms with Crippen LogP contribution in [0.2, 0.25) is 0 Å². The van der Waals surface area contributed by atoms with Gasteiger partial charge < -0.3 is 5.32 Å². The number of amides is 1. The van der Waals surface area contributed by atoms with Crippen molar-refractivity contribution in [3.63, 3.8) is 0 Å². The minimum Gasteiger partial charge on any atom is -0.350 e. The van der Waals surface area contributed by atoms with Crippen LogP contribution in [-0.2, 0) is 4.79 Å². The molecule has 3 rings (SSSR count). The second kappa shape index (κ2) is 8.37. The summed E-state index contributed by atoms with van der Waals surface area (Å²) in [7, 11) is 0. The zero-order valence-corrected chi connectivity index (χ0v) is 18.2. The fourth-order valence-corrected chi connectivity index (χ4v) is 3.69. The molecule has 0 saturated carbocycles. The van der Waals surface area contributed by atoms with Crippen molar-refractivity contribution in [3.05, 3.63) is 58.5 Å². The molecule has 1 amide bonds. The Morgan fingerprint density at radius 1 is 1.28 bits per heavy atom. The molecule has 0 aliphatic heterocycles. The molecule has 7 heteroatoms. The standard InChI is InChI=1S/C22H26N4O2S/c1-6-22(4,5)25-19(27)15(3)29-21-24-17-10-8-7-9-16(17)20(28)26(21)18-13-14(2)11-12-23-18/h7-13,15H,6H2,1-5H3,(H,25,27). The lowest BCUT2D eigenvalue weighted by Gasteiger charge is -2.26. The van der Waals surface area contributed by atoms with E-state index in [4.69, 9.17) is 0 Å². The van der Waals surface area contributed by atoms with Crippen LogP contribution in [0.25, 0.3) is 16.7 Å². The number of para-hydroxylation sites is 1. The van der Waals surface area contributed by atoms with Crippen LogP contribution in [0, 0.1) is 6.92 Å². The third-order valence-corrected chi connectivity index (χ3v) is 5.92. The average Bonchev–Trinajstić information content (AvgIpc) is 2.68. The molecule has 0 bridgehead atoms. The Morgan fingerprint density at radius 3 is 2.69 bits per heavy atom. The molecule has 0 radical (unpaired) electrons. The number of pyridine rings is 1. The van der Waals surface area contributed by atoms with Gasteiger partial charge >= 0.3 is 0 Å². The largest absolute Gasteiger partial charge is 0.350 e. The van der Waals surface area contributed by atoms with E-state index in [2.05, 4.69) is 15.3 Å². The highest BCUT2D eigenvalue weighted by molar-refractivity contribution is 8.00. The summed E-state index contributed by atoms with van der Waals surface area (Å²) in [5.74, 6) is 0.408. The minimum atomic E-state index is -0.426. The second-order valence-corrected chi connectivity index (χ2v) is 9.04. The Hall–Kier alpha value is -2.67. The van der Waals surface area contributed by atoms with Gasteiger partial charge in [-0.05, 0) is 63.9 Å². The molecule has 0 fully saturated rings. The molecule has 1 unspecified atom stereocenters. The Balaban J connectivity index is 2.08. The number of carbonyl (C=O) groups excluding carboxylic acids is 1. The van der Waals surface area contributed by atoms with Crippen LogP contribution in [0.4, 0.5) is 0 Å². The smallest absolute Gasteiger partial charge is 0.267 e. The van der Waals surface area contributed by atoms with E-state index in [0.29, 0.717) is 21.9 Å². The van der Waals surface area contributed by atoms with Gasteiger partial charge in [-0.25, -0.2) is 14.5 Å². The number of aromatic nitrogens is 3. The van der Waals surface area contributed by atoms with Gasteiger partial charge in [0.1, 0.15) is 5.82 Å². The summed E-state index contributed by atoms with van der Waals surface area (Å²) in [6, 6.07) is 10.9. The molecule has 6 nitrogen and oxygen atoms in total. The van der Waals surface area contributed by atoms with Crippen LogP contribution in [0.5, 0.6) is 0 Å². The van der Waals surface area contributed by atoms with Gasteiger partial charge in [0.25, 0.3) is 5.56 Å². The lowest BCUT2D eigenvalue weighted by Crippen LogP contribution is -2.46. The Bertz CT molecular complexity index is 1110. The topological polar surface area (TPSA) is 76.9 Å². The number of carbonyl (C=O) groups is 1. The van der Waals surface area contributed by atoms with Gasteiger partial charge in [0.2, 0.25) is 5.91 Å². The van der Waals surface area contributed by atoms with Crippen LogP contribution in [-0.4, -0.2) is 31.2 Å². The van der Waals surface area contributed by atoms with Crippen molar-refractivity contribution in [1.82, 2.24) is 19.9 Å². The number of aryl methyl sites for hydroxylation is 1. The van der Waals surface area contributed by atoms with Crippen molar-refractivity contribution >= 4 is 28.6 Å². The first-order valence-electron chi connectivity index (χ1n) is 9.65. The van der Waals surface area contributed by atoms with E-state index in [0.717, 1.165) is 12.0 Å². The van der Waals surface area contributed by atoms with E-state index < -0.39 is 5.25 Å². The SMILES string of the molecule is CCC(C)(C)NC(=O)C(C)Sc1nc2ccccc2c(=O)n1-c1cc(C)ccn1. The molecule has 0 aliphatic carbocycles. The van der Waals surface area contributed by atoms with Crippen LogP contribution >= 0.6 is 11.8 Å². The summed E-state index contributed by atoms with van der Waals surface area (Å²) < 4.78 is 1.49. The number of nitrogens with zero attached hydrogens (tertiary/aromatic N) is 3. The molecule has 2 aromatic heterocycles. The third kappa shape index (κ3) is 4.67. The summed E-state index contributed by atoms with van der Waals surface area (Å²) in [6.07, 6.45) is 2.49. The second-order valence-electron chi connectivity index (χ2n) is 7.73. The van der Waals surface area contributed by atoms with E-state index in [-0.39, 0.29) is 17.0 Å². The molecule has 29 heavy (non-hydrogen) atoms. The van der Waals surface area contributed by atoms with Crippen molar-refractivity contribution in [1.29, 1.82) is 0 Å². The molecule has 0 saturated heterocycles. The molecule has 1 aromatic carbocycles. The number of nitrogens with one attached hydrogen (secondary N) is 1. The zero-order valence-electron chi connectivity index (χ0n) is 17.4. The molecular formula is C22H26N4O2S. The van der Waals surface area contributed by atoms with Gasteiger partial charge in [-0.1, -0.05) is 30.8 Å². The maximum Gasteiger partial charge on any atom is 0.267 e. The average molecular weight is 411 g/mol. The lowest BCUT2D eigenvalue weighted by molar-refractivity contribution is -0.121. The normalized spacial score (nSPS) is 12.7. The molecule has 0 aliphatic rings. The predicted octanol–water partition coefficient (Wildman–Crippen LogP) is 3.87. The van der Waals surface area contributed by atoms with E-state index in [9.17, 15) is 9.59 Å². The monoisotopic (exact) mass is 410 g/mol. The van der Waals surface area contributed by atoms with Crippen LogP contribution < -0.4 is 10.9 Å². The first-order chi connectivity index (χ1) is 13.7.